The van der Waals surface area contributed by atoms with Gasteiger partial charge in [-0.3, -0.25) is 9.59 Å². The summed E-state index contributed by atoms with van der Waals surface area (Å²) in [6, 6.07) is 16.9. The molecule has 0 saturated carbocycles. The molecule has 1 aliphatic heterocycles. The van der Waals surface area contributed by atoms with E-state index < -0.39 is 5.25 Å². The molecular formula is C18H17N3O2S. The highest BCUT2D eigenvalue weighted by molar-refractivity contribution is 8.15. The summed E-state index contributed by atoms with van der Waals surface area (Å²) in [4.78, 5) is 28.5. The summed E-state index contributed by atoms with van der Waals surface area (Å²) in [5.74, 6) is -0.375. The number of anilines is 1. The van der Waals surface area contributed by atoms with Crippen LogP contribution in [0.15, 0.2) is 59.6 Å². The van der Waals surface area contributed by atoms with E-state index in [1.165, 1.54) is 11.8 Å². The molecule has 1 aliphatic rings. The standard InChI is InChI=1S/C18H17N3O2S/c1-12-7-9-14(10-8-12)20-18-21-17(23)15(24-18)11-16(22)19-13-5-3-2-4-6-13/h2-10,15H,11H2,1H3,(H,19,22)(H,20,21,23). The van der Waals surface area contributed by atoms with Crippen LogP contribution in [-0.2, 0) is 9.59 Å². The van der Waals surface area contributed by atoms with Gasteiger partial charge in [0.1, 0.15) is 5.25 Å². The largest absolute Gasteiger partial charge is 0.326 e. The Morgan fingerprint density at radius 2 is 1.88 bits per heavy atom. The van der Waals surface area contributed by atoms with Gasteiger partial charge in [-0.25, -0.2) is 4.99 Å². The Bertz CT molecular complexity index is 773. The summed E-state index contributed by atoms with van der Waals surface area (Å²) >= 11 is 1.29. The van der Waals surface area contributed by atoms with Crippen LogP contribution in [0.4, 0.5) is 11.4 Å². The molecule has 2 aromatic rings. The van der Waals surface area contributed by atoms with Crippen LogP contribution in [0.1, 0.15) is 12.0 Å². The highest BCUT2D eigenvalue weighted by atomic mass is 32.2. The van der Waals surface area contributed by atoms with Crippen molar-refractivity contribution in [3.63, 3.8) is 0 Å². The first-order valence-corrected chi connectivity index (χ1v) is 8.46. The zero-order chi connectivity index (χ0) is 16.9. The van der Waals surface area contributed by atoms with Crippen molar-refractivity contribution in [2.75, 3.05) is 5.32 Å². The van der Waals surface area contributed by atoms with Crippen molar-refractivity contribution in [1.29, 1.82) is 0 Å². The number of nitrogens with one attached hydrogen (secondary N) is 2. The Kier molecular flexibility index (Phi) is 4.96. The van der Waals surface area contributed by atoms with Gasteiger partial charge >= 0.3 is 0 Å². The third-order valence-electron chi connectivity index (χ3n) is 3.47. The van der Waals surface area contributed by atoms with Crippen LogP contribution in [0.2, 0.25) is 0 Å². The van der Waals surface area contributed by atoms with E-state index >= 15 is 0 Å². The molecule has 0 aliphatic carbocycles. The topological polar surface area (TPSA) is 70.6 Å². The van der Waals surface area contributed by atoms with Crippen LogP contribution in [-0.4, -0.2) is 22.2 Å². The van der Waals surface area contributed by atoms with Crippen LogP contribution >= 0.6 is 11.8 Å². The molecule has 0 aromatic heterocycles. The van der Waals surface area contributed by atoms with E-state index in [-0.39, 0.29) is 18.2 Å². The molecule has 6 heteroatoms. The zero-order valence-electron chi connectivity index (χ0n) is 13.2. The molecule has 122 valence electrons. The maximum atomic E-state index is 12.1. The molecule has 1 atom stereocenters. The molecule has 1 fully saturated rings. The molecule has 24 heavy (non-hydrogen) atoms. The fourth-order valence-corrected chi connectivity index (χ4v) is 3.22. The van der Waals surface area contributed by atoms with Gasteiger partial charge in [0.25, 0.3) is 0 Å². The van der Waals surface area contributed by atoms with E-state index in [1.807, 2.05) is 61.5 Å². The number of carbonyl (C=O) groups excluding carboxylic acids is 2. The monoisotopic (exact) mass is 339 g/mol. The Morgan fingerprint density at radius 3 is 2.58 bits per heavy atom. The van der Waals surface area contributed by atoms with Gasteiger partial charge in [-0.05, 0) is 31.2 Å². The Hall–Kier alpha value is -2.60. The lowest BCUT2D eigenvalue weighted by molar-refractivity contribution is -0.122. The third-order valence-corrected chi connectivity index (χ3v) is 4.55. The molecular weight excluding hydrogens is 322 g/mol. The maximum Gasteiger partial charge on any atom is 0.240 e. The predicted molar refractivity (Wildman–Crippen MR) is 97.5 cm³/mol. The number of rotatable bonds is 4. The maximum absolute atomic E-state index is 12.1. The number of hydrogen-bond acceptors (Lipinski definition) is 4. The molecule has 0 bridgehead atoms. The molecule has 2 amide bonds. The zero-order valence-corrected chi connectivity index (χ0v) is 14.0. The van der Waals surface area contributed by atoms with Crippen LogP contribution in [0.3, 0.4) is 0 Å². The summed E-state index contributed by atoms with van der Waals surface area (Å²) in [7, 11) is 0. The van der Waals surface area contributed by atoms with Crippen molar-refractivity contribution in [3.05, 3.63) is 60.2 Å². The number of hydrogen-bond donors (Lipinski definition) is 2. The van der Waals surface area contributed by atoms with Crippen LogP contribution in [0.25, 0.3) is 0 Å². The second-order valence-corrected chi connectivity index (χ2v) is 6.66. The fourth-order valence-electron chi connectivity index (χ4n) is 2.23. The Balaban J connectivity index is 1.60. The Labute approximate surface area is 144 Å². The minimum absolute atomic E-state index is 0.109. The molecule has 5 nitrogen and oxygen atoms in total. The smallest absolute Gasteiger partial charge is 0.240 e. The first-order valence-electron chi connectivity index (χ1n) is 7.58. The molecule has 2 N–H and O–H groups in total. The van der Waals surface area contributed by atoms with Crippen molar-refractivity contribution in [3.8, 4) is 0 Å². The minimum Gasteiger partial charge on any atom is -0.326 e. The van der Waals surface area contributed by atoms with Crippen molar-refractivity contribution in [2.24, 2.45) is 4.99 Å². The first kappa shape index (κ1) is 16.3. The summed E-state index contributed by atoms with van der Waals surface area (Å²) in [6.45, 7) is 2.00. The Morgan fingerprint density at radius 1 is 1.17 bits per heavy atom. The predicted octanol–water partition coefficient (Wildman–Crippen LogP) is 3.24. The number of carbonyl (C=O) groups is 2. The number of thioether (sulfide) groups is 1. The van der Waals surface area contributed by atoms with Crippen molar-refractivity contribution in [1.82, 2.24) is 5.32 Å². The van der Waals surface area contributed by atoms with Crippen LogP contribution in [0, 0.1) is 6.92 Å². The number of amides is 2. The number of para-hydroxylation sites is 1. The highest BCUT2D eigenvalue weighted by Gasteiger charge is 2.32. The lowest BCUT2D eigenvalue weighted by atomic mass is 10.2. The van der Waals surface area contributed by atoms with Crippen LogP contribution < -0.4 is 10.6 Å². The van der Waals surface area contributed by atoms with E-state index in [1.54, 1.807) is 0 Å². The second kappa shape index (κ2) is 7.31. The molecule has 2 aromatic carbocycles. The van der Waals surface area contributed by atoms with E-state index in [4.69, 9.17) is 0 Å². The van der Waals surface area contributed by atoms with E-state index in [9.17, 15) is 9.59 Å². The first-order chi connectivity index (χ1) is 11.6. The lowest BCUT2D eigenvalue weighted by Gasteiger charge is -2.07. The van der Waals surface area contributed by atoms with E-state index in [0.29, 0.717) is 5.17 Å². The number of nitrogens with zero attached hydrogens (tertiary/aromatic N) is 1. The second-order valence-electron chi connectivity index (χ2n) is 5.47. The summed E-state index contributed by atoms with van der Waals surface area (Å²) < 4.78 is 0. The average molecular weight is 339 g/mol. The number of aliphatic imine (C=N–C) groups is 1. The van der Waals surface area contributed by atoms with Gasteiger partial charge in [0.2, 0.25) is 11.8 Å². The number of aryl methyl sites for hydroxylation is 1. The van der Waals surface area contributed by atoms with Gasteiger partial charge in [0.15, 0.2) is 5.17 Å². The number of benzene rings is 2. The molecule has 1 heterocycles. The molecule has 0 spiro atoms. The van der Waals surface area contributed by atoms with Gasteiger partial charge in [0.05, 0.1) is 5.69 Å². The van der Waals surface area contributed by atoms with Gasteiger partial charge in [-0.15, -0.1) is 0 Å². The quantitative estimate of drug-likeness (QED) is 0.898. The summed E-state index contributed by atoms with van der Waals surface area (Å²) in [6.07, 6.45) is 0.109. The van der Waals surface area contributed by atoms with E-state index in [2.05, 4.69) is 15.6 Å². The average Bonchev–Trinajstić information content (AvgIpc) is 2.90. The van der Waals surface area contributed by atoms with Gasteiger partial charge in [-0.2, -0.15) is 0 Å². The number of amidine groups is 1. The summed E-state index contributed by atoms with van der Waals surface area (Å²) in [5, 5.41) is 5.59. The minimum atomic E-state index is -0.460. The summed E-state index contributed by atoms with van der Waals surface area (Å²) in [5.41, 5.74) is 2.65. The molecule has 1 unspecified atom stereocenters. The van der Waals surface area contributed by atoms with Crippen molar-refractivity contribution < 1.29 is 9.59 Å². The molecule has 3 rings (SSSR count). The third kappa shape index (κ3) is 4.23. The van der Waals surface area contributed by atoms with Crippen molar-refractivity contribution >= 4 is 40.1 Å². The SMILES string of the molecule is Cc1ccc(N=C2NC(=O)C(CC(=O)Nc3ccccc3)S2)cc1. The molecule has 1 saturated heterocycles. The fraction of sp³-hybridized carbons (Fsp3) is 0.167. The lowest BCUT2D eigenvalue weighted by Crippen LogP contribution is -2.28. The van der Waals surface area contributed by atoms with E-state index in [0.717, 1.165) is 16.9 Å². The van der Waals surface area contributed by atoms with Gasteiger partial charge in [0, 0.05) is 12.1 Å². The van der Waals surface area contributed by atoms with Gasteiger partial charge < -0.3 is 10.6 Å². The van der Waals surface area contributed by atoms with Crippen molar-refractivity contribution in [2.45, 2.75) is 18.6 Å². The normalized spacial score (nSPS) is 18.5. The molecule has 0 radical (unpaired) electrons. The van der Waals surface area contributed by atoms with Gasteiger partial charge in [-0.1, -0.05) is 47.7 Å². The highest BCUT2D eigenvalue weighted by Crippen LogP contribution is 2.25. The van der Waals surface area contributed by atoms with Crippen LogP contribution in [0.5, 0.6) is 0 Å².